The van der Waals surface area contributed by atoms with Gasteiger partial charge in [-0.25, -0.2) is 17.2 Å². The van der Waals surface area contributed by atoms with Crippen LogP contribution >= 0.6 is 11.6 Å². The molecule has 1 aromatic carbocycles. The van der Waals surface area contributed by atoms with Gasteiger partial charge in [-0.2, -0.15) is 0 Å². The van der Waals surface area contributed by atoms with Crippen molar-refractivity contribution in [1.82, 2.24) is 0 Å². The van der Waals surface area contributed by atoms with Crippen molar-refractivity contribution in [1.29, 1.82) is 0 Å². The highest BCUT2D eigenvalue weighted by Crippen LogP contribution is 2.30. The van der Waals surface area contributed by atoms with Gasteiger partial charge >= 0.3 is 0 Å². The van der Waals surface area contributed by atoms with E-state index in [1.807, 2.05) is 0 Å². The maximum absolute atomic E-state index is 13.6. The molecule has 2 unspecified atom stereocenters. The molecule has 1 aliphatic heterocycles. The molecule has 1 heterocycles. The average molecular weight is 309 g/mol. The van der Waals surface area contributed by atoms with Crippen molar-refractivity contribution >= 4 is 21.4 Å². The molecule has 1 aliphatic rings. The fourth-order valence-corrected chi connectivity index (χ4v) is 4.81. The van der Waals surface area contributed by atoms with Crippen molar-refractivity contribution in [3.8, 4) is 0 Å². The molecule has 0 radical (unpaired) electrons. The molecule has 1 aromatic rings. The van der Waals surface area contributed by atoms with Crippen LogP contribution in [0.3, 0.4) is 0 Å². The molecule has 2 atom stereocenters. The summed E-state index contributed by atoms with van der Waals surface area (Å²) in [6, 6.07) is 3.72. The molecule has 0 amide bonds. The minimum atomic E-state index is -3.01. The third-order valence-electron chi connectivity index (χ3n) is 3.66. The minimum Gasteiger partial charge on any atom is -0.229 e. The second kappa shape index (κ2) is 5.75. The first-order valence-electron chi connectivity index (χ1n) is 6.12. The van der Waals surface area contributed by atoms with Gasteiger partial charge in [0, 0.05) is 11.4 Å². The highest BCUT2D eigenvalue weighted by Gasteiger charge is 2.34. The van der Waals surface area contributed by atoms with E-state index < -0.39 is 21.5 Å². The van der Waals surface area contributed by atoms with Gasteiger partial charge in [0.2, 0.25) is 0 Å². The summed E-state index contributed by atoms with van der Waals surface area (Å²) in [5, 5.41) is 0. The summed E-state index contributed by atoms with van der Waals surface area (Å²) in [4.78, 5) is 0. The van der Waals surface area contributed by atoms with Crippen LogP contribution in [0.2, 0.25) is 0 Å². The van der Waals surface area contributed by atoms with Crippen molar-refractivity contribution in [3.05, 3.63) is 35.4 Å². The van der Waals surface area contributed by atoms with Gasteiger partial charge in [-0.3, -0.25) is 0 Å². The molecule has 0 aliphatic carbocycles. The Balaban J connectivity index is 2.16. The first-order valence-corrected chi connectivity index (χ1v) is 8.48. The zero-order chi connectivity index (χ0) is 14.0. The fourth-order valence-electron chi connectivity index (χ4n) is 2.53. The van der Waals surface area contributed by atoms with Crippen LogP contribution in [0.15, 0.2) is 18.2 Å². The summed E-state index contributed by atoms with van der Waals surface area (Å²) in [6.07, 6.45) is 0.665. The molecular formula is C13H15ClF2O2S. The predicted octanol–water partition coefficient (Wildman–Crippen LogP) is 2.80. The first-order chi connectivity index (χ1) is 8.93. The van der Waals surface area contributed by atoms with Crippen LogP contribution in [-0.2, 0) is 16.3 Å². The first kappa shape index (κ1) is 14.7. The van der Waals surface area contributed by atoms with Crippen LogP contribution in [0.4, 0.5) is 8.78 Å². The normalized spacial score (nSPS) is 23.4. The van der Waals surface area contributed by atoms with Crippen LogP contribution < -0.4 is 0 Å². The third kappa shape index (κ3) is 3.45. The van der Waals surface area contributed by atoms with Gasteiger partial charge < -0.3 is 0 Å². The lowest BCUT2D eigenvalue weighted by atomic mass is 9.87. The van der Waals surface area contributed by atoms with E-state index in [-0.39, 0.29) is 41.2 Å². The highest BCUT2D eigenvalue weighted by molar-refractivity contribution is 7.91. The molecule has 106 valence electrons. The molecule has 6 heteroatoms. The Kier molecular flexibility index (Phi) is 4.46. The maximum Gasteiger partial charge on any atom is 0.150 e. The quantitative estimate of drug-likeness (QED) is 0.802. The number of sulfone groups is 1. The third-order valence-corrected chi connectivity index (χ3v) is 5.85. The second-order valence-corrected chi connectivity index (χ2v) is 7.52. The van der Waals surface area contributed by atoms with Crippen LogP contribution in [0, 0.1) is 23.5 Å². The van der Waals surface area contributed by atoms with E-state index in [1.165, 1.54) is 18.2 Å². The molecule has 19 heavy (non-hydrogen) atoms. The summed E-state index contributed by atoms with van der Waals surface area (Å²) in [6.45, 7) is 0. The van der Waals surface area contributed by atoms with Gasteiger partial charge in [-0.05, 0) is 36.8 Å². The lowest BCUT2D eigenvalue weighted by Crippen LogP contribution is -2.21. The molecule has 2 rings (SSSR count). The van der Waals surface area contributed by atoms with Crippen LogP contribution in [0.1, 0.15) is 12.0 Å². The molecule has 0 spiro atoms. The molecular weight excluding hydrogens is 294 g/mol. The summed E-state index contributed by atoms with van der Waals surface area (Å²) in [5.41, 5.74) is -0.00236. The molecule has 1 fully saturated rings. The number of alkyl halides is 1. The standard InChI is InChI=1S/C13H15ClF2O2S/c14-7-10(9-4-5-19(17,18)8-9)6-11-12(15)2-1-3-13(11)16/h1-3,9-10H,4-8H2. The van der Waals surface area contributed by atoms with Crippen LogP contribution in [-0.4, -0.2) is 25.8 Å². The van der Waals surface area contributed by atoms with Crippen molar-refractivity contribution in [2.45, 2.75) is 12.8 Å². The van der Waals surface area contributed by atoms with Crippen molar-refractivity contribution < 1.29 is 17.2 Å². The number of halogens is 3. The smallest absolute Gasteiger partial charge is 0.150 e. The molecule has 1 saturated heterocycles. The van der Waals surface area contributed by atoms with E-state index in [9.17, 15) is 17.2 Å². The molecule has 0 bridgehead atoms. The zero-order valence-corrected chi connectivity index (χ0v) is 11.9. The largest absolute Gasteiger partial charge is 0.229 e. The topological polar surface area (TPSA) is 34.1 Å². The van der Waals surface area contributed by atoms with Crippen LogP contribution in [0.5, 0.6) is 0 Å². The lowest BCUT2D eigenvalue weighted by Gasteiger charge is -2.20. The Hall–Kier alpha value is -0.680. The Bertz CT molecular complexity index is 540. The summed E-state index contributed by atoms with van der Waals surface area (Å²) >= 11 is 5.86. The minimum absolute atomic E-state index is 0.00236. The molecule has 2 nitrogen and oxygen atoms in total. The molecule has 0 saturated carbocycles. The summed E-state index contributed by atoms with van der Waals surface area (Å²) < 4.78 is 50.1. The summed E-state index contributed by atoms with van der Waals surface area (Å²) in [7, 11) is -3.01. The van der Waals surface area contributed by atoms with E-state index >= 15 is 0 Å². The second-order valence-electron chi connectivity index (χ2n) is 4.98. The van der Waals surface area contributed by atoms with Crippen molar-refractivity contribution in [2.75, 3.05) is 17.4 Å². The SMILES string of the molecule is O=S1(=O)CCC(C(CCl)Cc2c(F)cccc2F)C1. The Morgan fingerprint density at radius 3 is 2.42 bits per heavy atom. The van der Waals surface area contributed by atoms with E-state index in [1.54, 1.807) is 0 Å². The average Bonchev–Trinajstić information content (AvgIpc) is 2.69. The Morgan fingerprint density at radius 1 is 1.32 bits per heavy atom. The van der Waals surface area contributed by atoms with E-state index in [0.717, 1.165) is 0 Å². The van der Waals surface area contributed by atoms with Gasteiger partial charge in [0.25, 0.3) is 0 Å². The van der Waals surface area contributed by atoms with Gasteiger partial charge in [0.15, 0.2) is 9.84 Å². The Labute approximate surface area is 116 Å². The number of rotatable bonds is 4. The number of hydrogen-bond acceptors (Lipinski definition) is 2. The fraction of sp³-hybridized carbons (Fsp3) is 0.538. The summed E-state index contributed by atoms with van der Waals surface area (Å²) in [5.74, 6) is -1.11. The van der Waals surface area contributed by atoms with E-state index in [0.29, 0.717) is 6.42 Å². The molecule has 0 aromatic heterocycles. The predicted molar refractivity (Wildman–Crippen MR) is 71.0 cm³/mol. The Morgan fingerprint density at radius 2 is 1.95 bits per heavy atom. The van der Waals surface area contributed by atoms with E-state index in [2.05, 4.69) is 0 Å². The van der Waals surface area contributed by atoms with Gasteiger partial charge in [-0.15, -0.1) is 11.6 Å². The maximum atomic E-state index is 13.6. The van der Waals surface area contributed by atoms with Crippen LogP contribution in [0.25, 0.3) is 0 Å². The van der Waals surface area contributed by atoms with E-state index in [4.69, 9.17) is 11.6 Å². The number of hydrogen-bond donors (Lipinski definition) is 0. The van der Waals surface area contributed by atoms with Gasteiger partial charge in [-0.1, -0.05) is 6.07 Å². The molecule has 0 N–H and O–H groups in total. The zero-order valence-electron chi connectivity index (χ0n) is 10.3. The van der Waals surface area contributed by atoms with Gasteiger partial charge in [0.1, 0.15) is 11.6 Å². The highest BCUT2D eigenvalue weighted by atomic mass is 35.5. The van der Waals surface area contributed by atoms with Crippen molar-refractivity contribution in [2.24, 2.45) is 11.8 Å². The van der Waals surface area contributed by atoms with Gasteiger partial charge in [0.05, 0.1) is 11.5 Å². The lowest BCUT2D eigenvalue weighted by molar-refractivity contribution is 0.385. The monoisotopic (exact) mass is 308 g/mol. The number of benzene rings is 1. The van der Waals surface area contributed by atoms with Crippen molar-refractivity contribution in [3.63, 3.8) is 0 Å².